The summed E-state index contributed by atoms with van der Waals surface area (Å²) in [7, 11) is 1.83. The van der Waals surface area contributed by atoms with Crippen molar-refractivity contribution in [2.24, 2.45) is 13.0 Å². The summed E-state index contributed by atoms with van der Waals surface area (Å²) in [6.07, 6.45) is 6.52. The second-order valence-corrected chi connectivity index (χ2v) is 8.73. The molecule has 156 valence electrons. The third-order valence-corrected chi connectivity index (χ3v) is 6.92. The molecule has 0 spiro atoms. The molecule has 1 atom stereocenters. The molecule has 0 N–H and O–H groups in total. The maximum atomic E-state index is 13.5. The zero-order chi connectivity index (χ0) is 20.4. The highest BCUT2D eigenvalue weighted by Gasteiger charge is 2.34. The third-order valence-electron chi connectivity index (χ3n) is 6.92. The van der Waals surface area contributed by atoms with E-state index in [1.54, 1.807) is 4.57 Å². The second-order valence-electron chi connectivity index (χ2n) is 8.73. The number of hydrogen-bond acceptors (Lipinski definition) is 3. The quantitative estimate of drug-likeness (QED) is 0.778. The van der Waals surface area contributed by atoms with Crippen LogP contribution in [0.2, 0.25) is 0 Å². The Bertz CT molecular complexity index is 929. The summed E-state index contributed by atoms with van der Waals surface area (Å²) < 4.78 is 1.72. The lowest BCUT2D eigenvalue weighted by Crippen LogP contribution is -2.46. The molecule has 1 amide bonds. The van der Waals surface area contributed by atoms with Crippen LogP contribution >= 0.6 is 0 Å². The van der Waals surface area contributed by atoms with Crippen LogP contribution in [0.4, 0.5) is 0 Å². The molecule has 5 heteroatoms. The van der Waals surface area contributed by atoms with Crippen molar-refractivity contribution in [2.45, 2.75) is 58.0 Å². The molecule has 2 fully saturated rings. The number of nitrogens with zero attached hydrogens (tertiary/aromatic N) is 3. The number of fused-ring (bicyclic) bond motifs is 1. The molecule has 1 aromatic carbocycles. The summed E-state index contributed by atoms with van der Waals surface area (Å²) in [5.74, 6) is 0.395. The van der Waals surface area contributed by atoms with Crippen molar-refractivity contribution in [3.05, 3.63) is 46.2 Å². The maximum absolute atomic E-state index is 13.5. The molecule has 0 unspecified atom stereocenters. The Morgan fingerprint density at radius 2 is 1.90 bits per heavy atom. The molecule has 0 bridgehead atoms. The Labute approximate surface area is 173 Å². The number of hydrogen-bond donors (Lipinski definition) is 0. The Kier molecular flexibility index (Phi) is 6.04. The van der Waals surface area contributed by atoms with E-state index in [1.807, 2.05) is 37.4 Å². The summed E-state index contributed by atoms with van der Waals surface area (Å²) >= 11 is 0. The average Bonchev–Trinajstić information content (AvgIpc) is 3.24. The van der Waals surface area contributed by atoms with Gasteiger partial charge >= 0.3 is 0 Å². The van der Waals surface area contributed by atoms with Gasteiger partial charge in [-0.25, -0.2) is 0 Å². The number of likely N-dealkylation sites (N-methyl/N-ethyl adjacent to an activating group) is 1. The van der Waals surface area contributed by atoms with Crippen molar-refractivity contribution in [1.29, 1.82) is 0 Å². The van der Waals surface area contributed by atoms with E-state index in [1.165, 1.54) is 6.42 Å². The molecule has 29 heavy (non-hydrogen) atoms. The zero-order valence-electron chi connectivity index (χ0n) is 17.8. The number of carbonyl (C=O) groups is 1. The van der Waals surface area contributed by atoms with E-state index >= 15 is 0 Å². The molecule has 2 aromatic rings. The van der Waals surface area contributed by atoms with Crippen LogP contribution in [0.3, 0.4) is 0 Å². The third kappa shape index (κ3) is 4.11. The van der Waals surface area contributed by atoms with Gasteiger partial charge in [0.05, 0.1) is 12.1 Å². The van der Waals surface area contributed by atoms with Crippen molar-refractivity contribution in [3.63, 3.8) is 0 Å². The largest absolute Gasteiger partial charge is 0.334 e. The number of rotatable bonds is 5. The highest BCUT2D eigenvalue weighted by Crippen LogP contribution is 2.28. The zero-order valence-corrected chi connectivity index (χ0v) is 17.8. The fourth-order valence-electron chi connectivity index (χ4n) is 5.11. The van der Waals surface area contributed by atoms with Gasteiger partial charge in [0.25, 0.3) is 5.56 Å². The number of pyridine rings is 1. The number of likely N-dealkylation sites (tertiary alicyclic amines) is 1. The lowest BCUT2D eigenvalue weighted by Gasteiger charge is -2.34. The van der Waals surface area contributed by atoms with Gasteiger partial charge in [-0.3, -0.25) is 9.59 Å². The molecule has 1 aliphatic carbocycles. The van der Waals surface area contributed by atoms with Gasteiger partial charge < -0.3 is 14.4 Å². The van der Waals surface area contributed by atoms with Crippen molar-refractivity contribution in [1.82, 2.24) is 14.4 Å². The van der Waals surface area contributed by atoms with E-state index in [0.717, 1.165) is 68.2 Å². The van der Waals surface area contributed by atoms with Gasteiger partial charge in [0, 0.05) is 37.7 Å². The Balaban J connectivity index is 1.66. The lowest BCUT2D eigenvalue weighted by molar-refractivity contribution is -0.139. The molecule has 0 radical (unpaired) electrons. The number of aryl methyl sites for hydroxylation is 1. The number of aromatic nitrogens is 1. The molecule has 2 heterocycles. The topological polar surface area (TPSA) is 45.5 Å². The highest BCUT2D eigenvalue weighted by molar-refractivity contribution is 5.81. The normalized spacial score (nSPS) is 21.0. The van der Waals surface area contributed by atoms with E-state index in [0.29, 0.717) is 6.54 Å². The van der Waals surface area contributed by atoms with Crippen LogP contribution in [-0.4, -0.2) is 46.0 Å². The summed E-state index contributed by atoms with van der Waals surface area (Å²) in [6, 6.07) is 10.2. The lowest BCUT2D eigenvalue weighted by atomic mass is 9.87. The minimum absolute atomic E-state index is 0.00971. The van der Waals surface area contributed by atoms with E-state index in [2.05, 4.69) is 16.7 Å². The van der Waals surface area contributed by atoms with E-state index in [4.69, 9.17) is 0 Å². The van der Waals surface area contributed by atoms with Gasteiger partial charge in [0.15, 0.2) is 0 Å². The van der Waals surface area contributed by atoms with Crippen molar-refractivity contribution >= 4 is 16.8 Å². The molecule has 1 saturated carbocycles. The minimum Gasteiger partial charge on any atom is -0.334 e. The van der Waals surface area contributed by atoms with Crippen LogP contribution in [0.25, 0.3) is 10.9 Å². The molecular weight excluding hydrogens is 362 g/mol. The monoisotopic (exact) mass is 395 g/mol. The first-order chi connectivity index (χ1) is 14.1. The first-order valence-corrected chi connectivity index (χ1v) is 11.2. The molecule has 1 saturated heterocycles. The minimum atomic E-state index is 0.00971. The smallest absolute Gasteiger partial charge is 0.255 e. The van der Waals surface area contributed by atoms with E-state index < -0.39 is 0 Å². The summed E-state index contributed by atoms with van der Waals surface area (Å²) in [6.45, 7) is 5.57. The summed E-state index contributed by atoms with van der Waals surface area (Å²) in [5.41, 5.74) is 1.67. The van der Waals surface area contributed by atoms with Gasteiger partial charge in [-0.05, 0) is 43.3 Å². The van der Waals surface area contributed by atoms with Gasteiger partial charge in [-0.2, -0.15) is 0 Å². The molecule has 4 rings (SSSR count). The van der Waals surface area contributed by atoms with Crippen LogP contribution < -0.4 is 5.56 Å². The Hall–Kier alpha value is -2.14. The van der Waals surface area contributed by atoms with Crippen LogP contribution in [0.15, 0.2) is 35.1 Å². The van der Waals surface area contributed by atoms with Gasteiger partial charge in [0.2, 0.25) is 5.91 Å². The van der Waals surface area contributed by atoms with Crippen LogP contribution in [0.1, 0.15) is 51.0 Å². The summed E-state index contributed by atoms with van der Waals surface area (Å²) in [5, 5.41) is 1.05. The second kappa shape index (κ2) is 8.70. The van der Waals surface area contributed by atoms with Crippen molar-refractivity contribution in [3.8, 4) is 0 Å². The predicted molar refractivity (Wildman–Crippen MR) is 117 cm³/mol. The number of carbonyl (C=O) groups excluding carboxylic acids is 1. The fourth-order valence-corrected chi connectivity index (χ4v) is 5.11. The number of para-hydroxylation sites is 1. The molecular formula is C24H33N3O2. The van der Waals surface area contributed by atoms with Crippen LogP contribution in [0, 0.1) is 5.92 Å². The van der Waals surface area contributed by atoms with Crippen LogP contribution in [-0.2, 0) is 18.4 Å². The predicted octanol–water partition coefficient (Wildman–Crippen LogP) is 3.54. The van der Waals surface area contributed by atoms with E-state index in [-0.39, 0.29) is 23.4 Å². The molecule has 5 nitrogen and oxygen atoms in total. The standard InChI is InChI=1S/C24H33N3O2/c1-3-26-14-13-21(17-26)27(24(29)18-9-5-4-6-10-18)16-20-15-19-11-7-8-12-22(19)25(2)23(20)28/h7-8,11-12,15,18,21H,3-6,9-10,13-14,16-17H2,1-2H3/t21-/m1/s1. The first kappa shape index (κ1) is 20.1. The number of benzene rings is 1. The number of amides is 1. The van der Waals surface area contributed by atoms with Crippen molar-refractivity contribution < 1.29 is 4.79 Å². The van der Waals surface area contributed by atoms with Crippen LogP contribution in [0.5, 0.6) is 0 Å². The van der Waals surface area contributed by atoms with Gasteiger partial charge in [-0.1, -0.05) is 44.4 Å². The highest BCUT2D eigenvalue weighted by atomic mass is 16.2. The van der Waals surface area contributed by atoms with Crippen molar-refractivity contribution in [2.75, 3.05) is 19.6 Å². The first-order valence-electron chi connectivity index (χ1n) is 11.2. The van der Waals surface area contributed by atoms with E-state index in [9.17, 15) is 9.59 Å². The summed E-state index contributed by atoms with van der Waals surface area (Å²) in [4.78, 5) is 31.1. The Morgan fingerprint density at radius 1 is 1.14 bits per heavy atom. The van der Waals surface area contributed by atoms with Gasteiger partial charge in [-0.15, -0.1) is 0 Å². The molecule has 2 aliphatic rings. The molecule has 1 aromatic heterocycles. The maximum Gasteiger partial charge on any atom is 0.255 e. The molecule has 1 aliphatic heterocycles. The Morgan fingerprint density at radius 3 is 2.62 bits per heavy atom. The fraction of sp³-hybridized carbons (Fsp3) is 0.583. The van der Waals surface area contributed by atoms with Gasteiger partial charge in [0.1, 0.15) is 0 Å². The average molecular weight is 396 g/mol. The SMILES string of the molecule is CCN1CC[C@@H](N(Cc2cc3ccccc3n(C)c2=O)C(=O)C2CCCCC2)C1.